The monoisotopic (exact) mass is 376 g/mol. The highest BCUT2D eigenvalue weighted by atomic mass is 15.4. The molecule has 0 bridgehead atoms. The minimum absolute atomic E-state index is 0.0205. The maximum atomic E-state index is 2.59. The zero-order valence-electron chi connectivity index (χ0n) is 19.4. The zero-order chi connectivity index (χ0) is 20.9. The van der Waals surface area contributed by atoms with Crippen LogP contribution in [-0.2, 0) is 10.8 Å². The number of nitrogens with zero attached hydrogens (tertiary/aromatic N) is 2. The van der Waals surface area contributed by atoms with Crippen molar-refractivity contribution in [2.75, 3.05) is 23.9 Å². The van der Waals surface area contributed by atoms with E-state index >= 15 is 0 Å². The standard InChI is InChI=1S/C26H36N2/c1-17-15-21-22(16-18(17)2)28(10)26(8)24(5,6)20-14-12-11-13-19(20)23(3,4)25(26,7)27(21)9/h11-16H,1-10H3/t25-,26-/m1/s1. The minimum Gasteiger partial charge on any atom is -0.364 e. The molecule has 1 heterocycles. The SMILES string of the molecule is Cc1cc2c(cc1C)N(C)[C@]1(C)C(C)(C)c3ccccc3C(C)(C)[C@@]1(C)N2C. The fraction of sp³-hybridized carbons (Fsp3) is 0.538. The molecular formula is C26H36N2. The van der Waals surface area contributed by atoms with E-state index in [1.807, 2.05) is 0 Å². The van der Waals surface area contributed by atoms with Gasteiger partial charge in [0.15, 0.2) is 0 Å². The third-order valence-corrected chi connectivity index (χ3v) is 9.31. The van der Waals surface area contributed by atoms with Gasteiger partial charge in [0.1, 0.15) is 0 Å². The first kappa shape index (κ1) is 19.4. The van der Waals surface area contributed by atoms with Crippen LogP contribution in [0.15, 0.2) is 36.4 Å². The second-order valence-corrected chi connectivity index (χ2v) is 10.5. The summed E-state index contributed by atoms with van der Waals surface area (Å²) < 4.78 is 0. The van der Waals surface area contributed by atoms with Crippen LogP contribution in [0, 0.1) is 13.8 Å². The number of likely N-dealkylation sites (N-methyl/N-ethyl adjacent to an activating group) is 2. The van der Waals surface area contributed by atoms with Gasteiger partial charge in [-0.3, -0.25) is 0 Å². The van der Waals surface area contributed by atoms with Crippen molar-refractivity contribution in [2.24, 2.45) is 0 Å². The second kappa shape index (κ2) is 5.34. The first-order valence-electron chi connectivity index (χ1n) is 10.5. The Hall–Kier alpha value is -1.96. The van der Waals surface area contributed by atoms with Crippen molar-refractivity contribution in [3.63, 3.8) is 0 Å². The summed E-state index contributed by atoms with van der Waals surface area (Å²) in [6.07, 6.45) is 0. The average molecular weight is 377 g/mol. The van der Waals surface area contributed by atoms with Crippen LogP contribution in [0.25, 0.3) is 0 Å². The number of anilines is 2. The number of hydrogen-bond acceptors (Lipinski definition) is 2. The third-order valence-electron chi connectivity index (χ3n) is 9.31. The molecule has 2 nitrogen and oxygen atoms in total. The largest absolute Gasteiger partial charge is 0.364 e. The normalized spacial score (nSPS) is 29.8. The van der Waals surface area contributed by atoms with Crippen LogP contribution in [-0.4, -0.2) is 25.2 Å². The molecule has 2 aromatic rings. The molecule has 2 heteroatoms. The van der Waals surface area contributed by atoms with Gasteiger partial charge in [0.25, 0.3) is 0 Å². The Morgan fingerprint density at radius 3 is 1.25 bits per heavy atom. The highest BCUT2D eigenvalue weighted by Gasteiger charge is 2.70. The molecule has 28 heavy (non-hydrogen) atoms. The van der Waals surface area contributed by atoms with Crippen molar-refractivity contribution in [2.45, 2.75) is 77.3 Å². The van der Waals surface area contributed by atoms with Gasteiger partial charge in [0, 0.05) is 24.9 Å². The van der Waals surface area contributed by atoms with Crippen LogP contribution in [0.4, 0.5) is 11.4 Å². The van der Waals surface area contributed by atoms with Crippen LogP contribution < -0.4 is 9.80 Å². The van der Waals surface area contributed by atoms with E-state index in [0.717, 1.165) is 0 Å². The second-order valence-electron chi connectivity index (χ2n) is 10.5. The minimum atomic E-state index is -0.0959. The molecule has 0 N–H and O–H groups in total. The molecule has 1 aliphatic carbocycles. The molecular weight excluding hydrogens is 340 g/mol. The Kier molecular flexibility index (Phi) is 3.69. The molecule has 2 aliphatic rings. The lowest BCUT2D eigenvalue weighted by Crippen LogP contribution is -2.83. The van der Waals surface area contributed by atoms with Crippen molar-refractivity contribution < 1.29 is 0 Å². The molecule has 0 unspecified atom stereocenters. The molecule has 0 fully saturated rings. The zero-order valence-corrected chi connectivity index (χ0v) is 19.4. The summed E-state index contributed by atoms with van der Waals surface area (Å²) in [6.45, 7) is 19.2. The van der Waals surface area contributed by atoms with E-state index in [2.05, 4.69) is 116 Å². The smallest absolute Gasteiger partial charge is 0.0699 e. The van der Waals surface area contributed by atoms with Crippen molar-refractivity contribution in [3.05, 3.63) is 58.7 Å². The van der Waals surface area contributed by atoms with E-state index in [4.69, 9.17) is 0 Å². The number of aryl methyl sites for hydroxylation is 2. The molecule has 4 rings (SSSR count). The topological polar surface area (TPSA) is 6.48 Å². The summed E-state index contributed by atoms with van der Waals surface area (Å²) in [4.78, 5) is 5.18. The molecule has 2 atom stereocenters. The van der Waals surface area contributed by atoms with Gasteiger partial charge >= 0.3 is 0 Å². The van der Waals surface area contributed by atoms with E-state index in [-0.39, 0.29) is 21.9 Å². The van der Waals surface area contributed by atoms with E-state index in [1.54, 1.807) is 0 Å². The average Bonchev–Trinajstić information content (AvgIpc) is 2.65. The molecule has 0 spiro atoms. The quantitative estimate of drug-likeness (QED) is 0.558. The van der Waals surface area contributed by atoms with Crippen molar-refractivity contribution in [3.8, 4) is 0 Å². The van der Waals surface area contributed by atoms with E-state index in [1.165, 1.54) is 33.6 Å². The summed E-state index contributed by atoms with van der Waals surface area (Å²) >= 11 is 0. The maximum Gasteiger partial charge on any atom is 0.0699 e. The number of benzene rings is 2. The maximum absolute atomic E-state index is 2.59. The molecule has 0 aromatic heterocycles. The highest BCUT2D eigenvalue weighted by Crippen LogP contribution is 2.64. The van der Waals surface area contributed by atoms with Crippen LogP contribution >= 0.6 is 0 Å². The van der Waals surface area contributed by atoms with Gasteiger partial charge in [-0.1, -0.05) is 52.0 Å². The van der Waals surface area contributed by atoms with Gasteiger partial charge in [-0.2, -0.15) is 0 Å². The van der Waals surface area contributed by atoms with Crippen molar-refractivity contribution >= 4 is 11.4 Å². The lowest BCUT2D eigenvalue weighted by Gasteiger charge is -2.73. The molecule has 0 saturated heterocycles. The summed E-state index contributed by atoms with van der Waals surface area (Å²) in [5.74, 6) is 0. The molecule has 1 aliphatic heterocycles. The summed E-state index contributed by atoms with van der Waals surface area (Å²) in [5.41, 5.74) is 8.13. The Morgan fingerprint density at radius 1 is 0.607 bits per heavy atom. The van der Waals surface area contributed by atoms with E-state index in [0.29, 0.717) is 0 Å². The van der Waals surface area contributed by atoms with Crippen LogP contribution in [0.5, 0.6) is 0 Å². The molecule has 2 aromatic carbocycles. The predicted molar refractivity (Wildman–Crippen MR) is 122 cm³/mol. The molecule has 150 valence electrons. The lowest BCUT2D eigenvalue weighted by atomic mass is 9.44. The van der Waals surface area contributed by atoms with Gasteiger partial charge in [0.05, 0.1) is 22.5 Å². The van der Waals surface area contributed by atoms with Gasteiger partial charge < -0.3 is 9.80 Å². The van der Waals surface area contributed by atoms with Crippen molar-refractivity contribution in [1.29, 1.82) is 0 Å². The number of fused-ring (bicyclic) bond motifs is 3. The fourth-order valence-electron chi connectivity index (χ4n) is 6.61. The summed E-state index contributed by atoms with van der Waals surface area (Å²) in [6, 6.07) is 13.9. The van der Waals surface area contributed by atoms with Crippen LogP contribution in [0.2, 0.25) is 0 Å². The Balaban J connectivity index is 2.14. The Morgan fingerprint density at radius 2 is 0.929 bits per heavy atom. The molecule has 0 saturated carbocycles. The van der Waals surface area contributed by atoms with Gasteiger partial charge in [-0.15, -0.1) is 0 Å². The Labute approximate surface area is 171 Å². The Bertz CT molecular complexity index is 892. The van der Waals surface area contributed by atoms with Gasteiger partial charge in [0.2, 0.25) is 0 Å². The van der Waals surface area contributed by atoms with Gasteiger partial charge in [-0.05, 0) is 62.1 Å². The first-order valence-corrected chi connectivity index (χ1v) is 10.5. The molecule has 0 amide bonds. The van der Waals surface area contributed by atoms with Crippen LogP contribution in [0.1, 0.15) is 63.8 Å². The van der Waals surface area contributed by atoms with Crippen molar-refractivity contribution in [1.82, 2.24) is 0 Å². The van der Waals surface area contributed by atoms with Gasteiger partial charge in [-0.25, -0.2) is 0 Å². The summed E-state index contributed by atoms with van der Waals surface area (Å²) in [5, 5.41) is 0. The van der Waals surface area contributed by atoms with Crippen LogP contribution in [0.3, 0.4) is 0 Å². The number of hydrogen-bond donors (Lipinski definition) is 0. The lowest BCUT2D eigenvalue weighted by molar-refractivity contribution is 0.0593. The van der Waals surface area contributed by atoms with E-state index in [9.17, 15) is 0 Å². The number of rotatable bonds is 0. The fourth-order valence-corrected chi connectivity index (χ4v) is 6.61. The molecule has 0 radical (unpaired) electrons. The first-order chi connectivity index (χ1) is 12.8. The highest BCUT2D eigenvalue weighted by molar-refractivity contribution is 5.81. The summed E-state index contributed by atoms with van der Waals surface area (Å²) in [7, 11) is 4.62. The third kappa shape index (κ3) is 1.81. The van der Waals surface area contributed by atoms with E-state index < -0.39 is 0 Å². The predicted octanol–water partition coefficient (Wildman–Crippen LogP) is 5.98.